The van der Waals surface area contributed by atoms with Gasteiger partial charge in [0.05, 0.1) is 22.5 Å². The van der Waals surface area contributed by atoms with Crippen molar-refractivity contribution in [1.82, 2.24) is 0 Å². The molecule has 3 aromatic carbocycles. The van der Waals surface area contributed by atoms with E-state index in [0.29, 0.717) is 72.7 Å². The van der Waals surface area contributed by atoms with Crippen LogP contribution in [0.25, 0.3) is 0 Å². The summed E-state index contributed by atoms with van der Waals surface area (Å²) in [4.78, 5) is 40.9. The third kappa shape index (κ3) is 12.7. The molecule has 0 saturated heterocycles. The van der Waals surface area contributed by atoms with Gasteiger partial charge in [-0.15, -0.1) is 0 Å². The first kappa shape index (κ1) is 57.4. The van der Waals surface area contributed by atoms with Gasteiger partial charge < -0.3 is 14.2 Å². The number of allylic oxidation sites excluding steroid dienone is 1. The predicted octanol–water partition coefficient (Wildman–Crippen LogP) is 17.5. The molecular formula is C54H62I8O6. The van der Waals surface area contributed by atoms with E-state index in [2.05, 4.69) is 252 Å². The van der Waals surface area contributed by atoms with Crippen molar-refractivity contribution < 1.29 is 28.6 Å². The van der Waals surface area contributed by atoms with Crippen LogP contribution in [0.15, 0.2) is 42.0 Å². The van der Waals surface area contributed by atoms with Crippen LogP contribution in [0, 0.1) is 87.7 Å². The molecule has 3 aromatic rings. The maximum Gasteiger partial charge on any atom is 0.314 e. The summed E-state index contributed by atoms with van der Waals surface area (Å²) in [7, 11) is 0. The Bertz CT molecular complexity index is 2390. The second-order valence-electron chi connectivity index (χ2n) is 20.5. The van der Waals surface area contributed by atoms with E-state index in [0.717, 1.165) is 73.4 Å². The van der Waals surface area contributed by atoms with E-state index >= 15 is 0 Å². The highest BCUT2D eigenvalue weighted by molar-refractivity contribution is 14.1. The molecular weight excluding hydrogens is 1760 g/mol. The number of rotatable bonds is 16. The zero-order valence-electron chi connectivity index (χ0n) is 39.7. The molecule has 4 aliphatic rings. The Labute approximate surface area is 514 Å². The third-order valence-corrected chi connectivity index (χ3v) is 23.5. The Morgan fingerprint density at radius 2 is 1.32 bits per heavy atom. The second-order valence-corrected chi connectivity index (χ2v) is 29.9. The minimum Gasteiger partial charge on any atom is -0.462 e. The molecule has 0 radical (unpaired) electrons. The molecule has 7 rings (SSSR count). The highest BCUT2D eigenvalue weighted by Crippen LogP contribution is 2.67. The first-order chi connectivity index (χ1) is 32.2. The van der Waals surface area contributed by atoms with Crippen LogP contribution in [0.5, 0.6) is 11.5 Å². The normalized spacial score (nSPS) is 26.7. The Hall–Kier alpha value is 1.65. The van der Waals surface area contributed by atoms with Gasteiger partial charge >= 0.3 is 17.9 Å². The fraction of sp³-hybridized carbons (Fsp3) is 0.574. The van der Waals surface area contributed by atoms with Crippen LogP contribution >= 0.6 is 181 Å². The molecule has 0 heterocycles. The highest BCUT2D eigenvalue weighted by Gasteiger charge is 2.59. The zero-order chi connectivity index (χ0) is 49.4. The second kappa shape index (κ2) is 24.8. The lowest BCUT2D eigenvalue weighted by atomic mass is 9.47. The Kier molecular flexibility index (Phi) is 20.9. The number of aryl methyl sites for hydroxylation is 1. The van der Waals surface area contributed by atoms with E-state index in [1.54, 1.807) is 0 Å². The number of carbonyl (C=O) groups is 3. The van der Waals surface area contributed by atoms with Crippen LogP contribution in [-0.2, 0) is 32.0 Å². The van der Waals surface area contributed by atoms with Crippen LogP contribution in [0.4, 0.5) is 0 Å². The smallest absolute Gasteiger partial charge is 0.314 e. The van der Waals surface area contributed by atoms with Gasteiger partial charge in [-0.25, -0.2) is 0 Å². The van der Waals surface area contributed by atoms with Gasteiger partial charge in [0.2, 0.25) is 0 Å². The molecule has 0 spiro atoms. The number of fused-ring (bicyclic) bond motifs is 5. The van der Waals surface area contributed by atoms with Gasteiger partial charge in [0, 0.05) is 30.7 Å². The summed E-state index contributed by atoms with van der Waals surface area (Å²) in [6, 6.07) is 10.5. The van der Waals surface area contributed by atoms with Gasteiger partial charge in [-0.05, 0) is 359 Å². The SMILES string of the molecule is CCC(Cc1c(I)cc(I)cc1I)C(=O)Oc1c(I)cc(I)c(CC(CC)C(=O)O[C@H]2CC[C@@]3(C)C(=CC[C@H]4[C@@H]5CC[C@H]([C@H](C)CCCC(=O)Oc6c(C)cc(I)cc6I)[C@@]5(C)CC[C@@H]43)C2)c1I. The molecule has 4 aliphatic carbocycles. The monoisotopic (exact) mass is 1820 g/mol. The van der Waals surface area contributed by atoms with Crippen LogP contribution in [0.2, 0.25) is 0 Å². The number of carbonyl (C=O) groups excluding carboxylic acids is 3. The molecule has 6 nitrogen and oxygen atoms in total. The lowest BCUT2D eigenvalue weighted by Crippen LogP contribution is -2.51. The Balaban J connectivity index is 0.944. The standard InChI is InChI=1S/C54H62I8O6/c1-7-30(21-37-42(57)24-34(56)25-43(37)58)52(65)68-50-46(61)27-44(59)38(48(50)62)22-31(8-2)51(64)66-35-16-18-53(5)32(23-35)12-13-36-40-15-14-39(54(40,6)19-17-41(36)53)28(3)10-9-11-47(63)67-49-29(4)20-33(55)26-45(49)60/h12,20,24-28,30-31,35-36,39-41H,7-11,13-19,21-23H2,1-6H3/t28-,30?,31?,35+,36+,39-,40+,41+,53+,54-/m1/s1. The van der Waals surface area contributed by atoms with Gasteiger partial charge in [0.15, 0.2) is 5.75 Å². The van der Waals surface area contributed by atoms with Gasteiger partial charge in [0.25, 0.3) is 0 Å². The summed E-state index contributed by atoms with van der Waals surface area (Å²) in [6.45, 7) is 13.7. The average Bonchev–Trinajstić information content (AvgIpc) is 3.63. The molecule has 370 valence electrons. The van der Waals surface area contributed by atoms with E-state index in [9.17, 15) is 14.4 Å². The number of halogens is 8. The fourth-order valence-corrected chi connectivity index (χ4v) is 23.1. The average molecular weight is 1820 g/mol. The molecule has 0 bridgehead atoms. The van der Waals surface area contributed by atoms with Crippen molar-refractivity contribution in [2.24, 2.45) is 52.3 Å². The lowest BCUT2D eigenvalue weighted by Gasteiger charge is -2.58. The maximum atomic E-state index is 14.1. The third-order valence-electron chi connectivity index (χ3n) is 16.6. The summed E-state index contributed by atoms with van der Waals surface area (Å²) in [6.07, 6.45) is 16.5. The molecule has 10 atom stereocenters. The van der Waals surface area contributed by atoms with Crippen molar-refractivity contribution in [3.8, 4) is 11.5 Å². The highest BCUT2D eigenvalue weighted by atomic mass is 127. The molecule has 3 saturated carbocycles. The van der Waals surface area contributed by atoms with Crippen molar-refractivity contribution in [2.75, 3.05) is 0 Å². The van der Waals surface area contributed by atoms with E-state index in [4.69, 9.17) is 14.2 Å². The summed E-state index contributed by atoms with van der Waals surface area (Å²) in [5, 5.41) is 0. The van der Waals surface area contributed by atoms with E-state index in [1.807, 2.05) is 6.92 Å². The largest absolute Gasteiger partial charge is 0.462 e. The fourth-order valence-electron chi connectivity index (χ4n) is 12.8. The minimum absolute atomic E-state index is 0.101. The van der Waals surface area contributed by atoms with Gasteiger partial charge in [-0.3, -0.25) is 14.4 Å². The Morgan fingerprint density at radius 1 is 0.706 bits per heavy atom. The number of hydrogen-bond acceptors (Lipinski definition) is 6. The summed E-state index contributed by atoms with van der Waals surface area (Å²) in [5.41, 5.74) is 5.26. The lowest BCUT2D eigenvalue weighted by molar-refractivity contribution is -0.156. The number of hydrogen-bond donors (Lipinski definition) is 0. The Morgan fingerprint density at radius 3 is 2.00 bits per heavy atom. The maximum absolute atomic E-state index is 14.1. The summed E-state index contributed by atoms with van der Waals surface area (Å²) in [5.74, 6) is 3.68. The quantitative estimate of drug-likeness (QED) is 0.0615. The molecule has 0 amide bonds. The van der Waals surface area contributed by atoms with Crippen LogP contribution in [0.3, 0.4) is 0 Å². The summed E-state index contributed by atoms with van der Waals surface area (Å²) < 4.78 is 27.2. The number of ether oxygens (including phenoxy) is 3. The van der Waals surface area contributed by atoms with Crippen molar-refractivity contribution in [3.63, 3.8) is 0 Å². The predicted molar refractivity (Wildman–Crippen MR) is 340 cm³/mol. The summed E-state index contributed by atoms with van der Waals surface area (Å²) >= 11 is 18.6. The number of benzene rings is 3. The van der Waals surface area contributed by atoms with Gasteiger partial charge in [-0.1, -0.05) is 46.3 Å². The first-order valence-electron chi connectivity index (χ1n) is 24.3. The van der Waals surface area contributed by atoms with Crippen molar-refractivity contribution in [3.05, 3.63) is 87.2 Å². The van der Waals surface area contributed by atoms with Gasteiger partial charge in [0.1, 0.15) is 11.9 Å². The first-order valence-corrected chi connectivity index (χ1v) is 32.9. The van der Waals surface area contributed by atoms with Gasteiger partial charge in [-0.2, -0.15) is 0 Å². The molecule has 68 heavy (non-hydrogen) atoms. The van der Waals surface area contributed by atoms with Crippen LogP contribution in [0.1, 0.15) is 135 Å². The molecule has 14 heteroatoms. The minimum atomic E-state index is -0.290. The van der Waals surface area contributed by atoms with Crippen molar-refractivity contribution in [1.29, 1.82) is 0 Å². The topological polar surface area (TPSA) is 78.9 Å². The van der Waals surface area contributed by atoms with Crippen LogP contribution in [-0.4, -0.2) is 24.0 Å². The van der Waals surface area contributed by atoms with Crippen LogP contribution < -0.4 is 9.47 Å². The van der Waals surface area contributed by atoms with Crippen molar-refractivity contribution in [2.45, 2.75) is 144 Å². The molecule has 0 aliphatic heterocycles. The zero-order valence-corrected chi connectivity index (χ0v) is 56.9. The molecule has 0 N–H and O–H groups in total. The molecule has 3 fully saturated rings. The van der Waals surface area contributed by atoms with E-state index < -0.39 is 0 Å². The number of esters is 3. The van der Waals surface area contributed by atoms with E-state index in [-0.39, 0.29) is 41.3 Å². The van der Waals surface area contributed by atoms with Crippen molar-refractivity contribution >= 4 is 199 Å². The molecule has 2 unspecified atom stereocenters. The molecule has 0 aromatic heterocycles. The van der Waals surface area contributed by atoms with E-state index in [1.165, 1.54) is 47.5 Å².